The zero-order chi connectivity index (χ0) is 13.1. The van der Waals surface area contributed by atoms with Gasteiger partial charge in [0.15, 0.2) is 0 Å². The lowest BCUT2D eigenvalue weighted by Gasteiger charge is -2.16. The van der Waals surface area contributed by atoms with Crippen molar-refractivity contribution in [1.29, 1.82) is 0 Å². The van der Waals surface area contributed by atoms with E-state index in [9.17, 15) is 4.79 Å². The summed E-state index contributed by atoms with van der Waals surface area (Å²) in [4.78, 5) is 14.8. The minimum Gasteiger partial charge on any atom is -0.309 e. The first kappa shape index (κ1) is 14.1. The molecule has 0 aliphatic heterocycles. The lowest BCUT2D eigenvalue weighted by molar-refractivity contribution is 0.465. The Morgan fingerprint density at radius 1 is 1.35 bits per heavy atom. The number of rotatable bonds is 5. The van der Waals surface area contributed by atoms with E-state index in [0.717, 1.165) is 12.1 Å². The van der Waals surface area contributed by atoms with Crippen LogP contribution >= 0.6 is 0 Å². The maximum absolute atomic E-state index is 11.9. The Hall–Kier alpha value is -0.990. The summed E-state index contributed by atoms with van der Waals surface area (Å²) in [5.74, 6) is 0. The average molecular weight is 238 g/mol. The molecule has 0 saturated heterocycles. The first-order valence-electron chi connectivity index (χ1n) is 6.68. The van der Waals surface area contributed by atoms with Crippen LogP contribution < -0.4 is 5.69 Å². The molecule has 1 N–H and O–H groups in total. The fourth-order valence-electron chi connectivity index (χ4n) is 1.95. The molecule has 1 heterocycles. The standard InChI is InChI=1S/C14H26N2O/c1-6-7-8-9-11(2)16-10-12(14(3,4)5)15-13(16)17/h10-11H,6-9H2,1-5H3,(H,15,17). The molecule has 1 aromatic rings. The molecule has 1 atom stereocenters. The van der Waals surface area contributed by atoms with Gasteiger partial charge in [-0.2, -0.15) is 0 Å². The number of aromatic nitrogens is 2. The zero-order valence-electron chi connectivity index (χ0n) is 11.8. The highest BCUT2D eigenvalue weighted by molar-refractivity contribution is 5.09. The van der Waals surface area contributed by atoms with E-state index in [1.807, 2.05) is 10.8 Å². The molecule has 0 spiro atoms. The third kappa shape index (κ3) is 3.76. The smallest absolute Gasteiger partial charge is 0.309 e. The highest BCUT2D eigenvalue weighted by atomic mass is 16.1. The number of unbranched alkanes of at least 4 members (excludes halogenated alkanes) is 2. The fraction of sp³-hybridized carbons (Fsp3) is 0.786. The molecule has 0 aliphatic carbocycles. The Morgan fingerprint density at radius 3 is 2.47 bits per heavy atom. The molecule has 17 heavy (non-hydrogen) atoms. The molecule has 0 bridgehead atoms. The number of hydrogen-bond acceptors (Lipinski definition) is 1. The van der Waals surface area contributed by atoms with E-state index in [4.69, 9.17) is 0 Å². The summed E-state index contributed by atoms with van der Waals surface area (Å²) < 4.78 is 1.84. The van der Waals surface area contributed by atoms with Crippen LogP contribution in [-0.4, -0.2) is 9.55 Å². The first-order valence-corrected chi connectivity index (χ1v) is 6.68. The minimum atomic E-state index is 0.00749. The van der Waals surface area contributed by atoms with Crippen molar-refractivity contribution in [2.75, 3.05) is 0 Å². The van der Waals surface area contributed by atoms with Crippen molar-refractivity contribution in [2.24, 2.45) is 0 Å². The van der Waals surface area contributed by atoms with Gasteiger partial charge in [0.1, 0.15) is 0 Å². The first-order chi connectivity index (χ1) is 7.86. The highest BCUT2D eigenvalue weighted by Gasteiger charge is 2.19. The molecule has 0 aromatic carbocycles. The Labute approximate surface area is 104 Å². The molecule has 0 radical (unpaired) electrons. The quantitative estimate of drug-likeness (QED) is 0.782. The van der Waals surface area contributed by atoms with Crippen molar-refractivity contribution in [1.82, 2.24) is 9.55 Å². The Kier molecular flexibility index (Phi) is 4.61. The fourth-order valence-corrected chi connectivity index (χ4v) is 1.95. The summed E-state index contributed by atoms with van der Waals surface area (Å²) in [5.41, 5.74) is 1.05. The summed E-state index contributed by atoms with van der Waals surface area (Å²) in [6.45, 7) is 10.7. The number of hydrogen-bond donors (Lipinski definition) is 1. The van der Waals surface area contributed by atoms with Gasteiger partial charge in [-0.1, -0.05) is 47.0 Å². The predicted octanol–water partition coefficient (Wildman–Crippen LogP) is 3.62. The lowest BCUT2D eigenvalue weighted by Crippen LogP contribution is -2.20. The second-order valence-electron chi connectivity index (χ2n) is 5.98. The van der Waals surface area contributed by atoms with Crippen LogP contribution in [0.4, 0.5) is 0 Å². The Bertz CT molecular complexity index is 395. The second-order valence-corrected chi connectivity index (χ2v) is 5.98. The number of imidazole rings is 1. The SMILES string of the molecule is CCCCCC(C)n1cc(C(C)(C)C)[nH]c1=O. The van der Waals surface area contributed by atoms with Gasteiger partial charge in [-0.3, -0.25) is 4.57 Å². The van der Waals surface area contributed by atoms with Crippen molar-refractivity contribution in [3.8, 4) is 0 Å². The minimum absolute atomic E-state index is 0.00749. The average Bonchev–Trinajstić information content (AvgIpc) is 2.60. The summed E-state index contributed by atoms with van der Waals surface area (Å²) in [6.07, 6.45) is 6.73. The molecule has 3 nitrogen and oxygen atoms in total. The normalized spacial score (nSPS) is 13.9. The molecular formula is C14H26N2O. The van der Waals surface area contributed by atoms with E-state index in [1.54, 1.807) is 0 Å². The largest absolute Gasteiger partial charge is 0.325 e. The van der Waals surface area contributed by atoms with Crippen molar-refractivity contribution in [2.45, 2.75) is 71.8 Å². The maximum atomic E-state index is 11.9. The third-order valence-corrected chi connectivity index (χ3v) is 3.25. The van der Waals surface area contributed by atoms with Crippen LogP contribution in [0.2, 0.25) is 0 Å². The highest BCUT2D eigenvalue weighted by Crippen LogP contribution is 2.21. The van der Waals surface area contributed by atoms with E-state index in [1.165, 1.54) is 19.3 Å². The van der Waals surface area contributed by atoms with Crippen LogP contribution in [-0.2, 0) is 5.41 Å². The molecule has 1 aromatic heterocycles. The Morgan fingerprint density at radius 2 is 2.00 bits per heavy atom. The van der Waals surface area contributed by atoms with Gasteiger partial charge >= 0.3 is 5.69 Å². The van der Waals surface area contributed by atoms with Gasteiger partial charge in [0.2, 0.25) is 0 Å². The van der Waals surface area contributed by atoms with Crippen LogP contribution in [0.15, 0.2) is 11.0 Å². The topological polar surface area (TPSA) is 37.8 Å². The molecule has 0 amide bonds. The van der Waals surface area contributed by atoms with Crippen LogP contribution in [0.1, 0.15) is 72.0 Å². The number of nitrogens with one attached hydrogen (secondary N) is 1. The zero-order valence-corrected chi connectivity index (χ0v) is 11.8. The molecule has 1 unspecified atom stereocenters. The van der Waals surface area contributed by atoms with Crippen molar-refractivity contribution in [3.05, 3.63) is 22.4 Å². The van der Waals surface area contributed by atoms with E-state index in [-0.39, 0.29) is 11.1 Å². The van der Waals surface area contributed by atoms with Crippen LogP contribution in [0, 0.1) is 0 Å². The molecular weight excluding hydrogens is 212 g/mol. The Balaban J connectivity index is 2.77. The summed E-state index contributed by atoms with van der Waals surface area (Å²) >= 11 is 0. The third-order valence-electron chi connectivity index (χ3n) is 3.25. The monoisotopic (exact) mass is 238 g/mol. The van der Waals surface area contributed by atoms with Crippen molar-refractivity contribution in [3.63, 3.8) is 0 Å². The summed E-state index contributed by atoms with van der Waals surface area (Å²) in [7, 11) is 0. The number of aromatic amines is 1. The van der Waals surface area contributed by atoms with E-state index >= 15 is 0 Å². The summed E-state index contributed by atoms with van der Waals surface area (Å²) in [5, 5.41) is 0. The van der Waals surface area contributed by atoms with Crippen molar-refractivity contribution >= 4 is 0 Å². The van der Waals surface area contributed by atoms with Crippen LogP contribution in [0.3, 0.4) is 0 Å². The van der Waals surface area contributed by atoms with Crippen LogP contribution in [0.5, 0.6) is 0 Å². The molecule has 3 heteroatoms. The maximum Gasteiger partial charge on any atom is 0.325 e. The molecule has 0 aliphatic rings. The predicted molar refractivity (Wildman–Crippen MR) is 72.6 cm³/mol. The number of nitrogens with zero attached hydrogens (tertiary/aromatic N) is 1. The van der Waals surface area contributed by atoms with Gasteiger partial charge in [-0.25, -0.2) is 4.79 Å². The molecule has 0 saturated carbocycles. The van der Waals surface area contributed by atoms with Gasteiger partial charge in [0.05, 0.1) is 0 Å². The van der Waals surface area contributed by atoms with Gasteiger partial charge < -0.3 is 4.98 Å². The molecule has 1 rings (SSSR count). The summed E-state index contributed by atoms with van der Waals surface area (Å²) in [6, 6.07) is 0.293. The number of H-pyrrole nitrogens is 1. The van der Waals surface area contributed by atoms with Gasteiger partial charge in [-0.05, 0) is 13.3 Å². The van der Waals surface area contributed by atoms with Crippen LogP contribution in [0.25, 0.3) is 0 Å². The second kappa shape index (κ2) is 5.56. The van der Waals surface area contributed by atoms with Gasteiger partial charge in [-0.15, -0.1) is 0 Å². The molecule has 0 fully saturated rings. The van der Waals surface area contributed by atoms with E-state index in [2.05, 4.69) is 39.6 Å². The molecule has 98 valence electrons. The van der Waals surface area contributed by atoms with Gasteiger partial charge in [0, 0.05) is 23.3 Å². The lowest BCUT2D eigenvalue weighted by atomic mass is 9.93. The van der Waals surface area contributed by atoms with E-state index in [0.29, 0.717) is 6.04 Å². The van der Waals surface area contributed by atoms with Crippen molar-refractivity contribution < 1.29 is 0 Å². The van der Waals surface area contributed by atoms with E-state index < -0.39 is 0 Å². The van der Waals surface area contributed by atoms with Gasteiger partial charge in [0.25, 0.3) is 0 Å².